The summed E-state index contributed by atoms with van der Waals surface area (Å²) < 4.78 is 13.6. The number of benzene rings is 2. The van der Waals surface area contributed by atoms with Gasteiger partial charge in [-0.25, -0.2) is 9.37 Å². The molecule has 29 heavy (non-hydrogen) atoms. The van der Waals surface area contributed by atoms with Crippen LogP contribution in [0, 0.1) is 11.2 Å². The highest BCUT2D eigenvalue weighted by molar-refractivity contribution is 6.30. The number of nitrogens with one attached hydrogen (secondary N) is 2. The number of anilines is 2. The van der Waals surface area contributed by atoms with Gasteiger partial charge in [0.1, 0.15) is 23.2 Å². The largest absolute Gasteiger partial charge is 0.509 e. The summed E-state index contributed by atoms with van der Waals surface area (Å²) in [7, 11) is 0. The summed E-state index contributed by atoms with van der Waals surface area (Å²) in [6.07, 6.45) is 3.70. The second-order valence-corrected chi connectivity index (χ2v) is 7.57. The van der Waals surface area contributed by atoms with E-state index in [2.05, 4.69) is 27.0 Å². The van der Waals surface area contributed by atoms with E-state index in [1.807, 2.05) is 6.07 Å². The molecular weight excluding hydrogens is 369 g/mol. The summed E-state index contributed by atoms with van der Waals surface area (Å²) >= 11 is 0. The van der Waals surface area contributed by atoms with E-state index in [0.717, 1.165) is 29.8 Å². The van der Waals surface area contributed by atoms with Crippen molar-refractivity contribution in [1.82, 2.24) is 9.97 Å². The zero-order valence-electron chi connectivity index (χ0n) is 16.0. The lowest BCUT2D eigenvalue weighted by atomic mass is 10.1. The maximum absolute atomic E-state index is 13.6. The molecule has 1 saturated heterocycles. The van der Waals surface area contributed by atoms with Gasteiger partial charge in [-0.1, -0.05) is 6.07 Å². The average molecular weight is 391 g/mol. The quantitative estimate of drug-likeness (QED) is 0.616. The molecule has 1 fully saturated rings. The van der Waals surface area contributed by atoms with E-state index in [1.54, 1.807) is 17.0 Å². The Hall–Kier alpha value is -3.35. The molecule has 3 aromatic rings. The van der Waals surface area contributed by atoms with E-state index in [0.29, 0.717) is 17.1 Å². The van der Waals surface area contributed by atoms with Gasteiger partial charge in [-0.3, -0.25) is 5.41 Å². The molecule has 0 atom stereocenters. The molecule has 6 nitrogen and oxygen atoms in total. The number of rotatable bonds is 3. The third-order valence-corrected chi connectivity index (χ3v) is 5.65. The second kappa shape index (κ2) is 6.92. The number of aliphatic hydroxyl groups excluding tert-OH is 1. The van der Waals surface area contributed by atoms with Crippen molar-refractivity contribution in [3.63, 3.8) is 0 Å². The number of H-pyrrole nitrogens is 1. The highest BCUT2D eigenvalue weighted by atomic mass is 19.1. The number of hydrogen-bond donors (Lipinski definition) is 3. The van der Waals surface area contributed by atoms with Gasteiger partial charge in [0.2, 0.25) is 0 Å². The molecular formula is C22H22FN5O. The molecule has 0 saturated carbocycles. The Morgan fingerprint density at radius 3 is 2.66 bits per heavy atom. The van der Waals surface area contributed by atoms with E-state index in [-0.39, 0.29) is 24.0 Å². The van der Waals surface area contributed by atoms with Crippen LogP contribution in [0.15, 0.2) is 48.2 Å². The predicted molar refractivity (Wildman–Crippen MR) is 113 cm³/mol. The lowest BCUT2D eigenvalue weighted by Crippen LogP contribution is -2.29. The fraction of sp³-hybridized carbons (Fsp3) is 0.273. The van der Waals surface area contributed by atoms with Crippen LogP contribution in [0.4, 0.5) is 15.8 Å². The number of hydrogen-bond acceptors (Lipinski definition) is 4. The smallest absolute Gasteiger partial charge is 0.145 e. The first-order valence-corrected chi connectivity index (χ1v) is 9.89. The number of halogens is 1. The van der Waals surface area contributed by atoms with Crippen LogP contribution in [-0.2, 0) is 0 Å². The first-order chi connectivity index (χ1) is 14.1. The van der Waals surface area contributed by atoms with Crippen LogP contribution in [0.1, 0.15) is 25.1 Å². The number of amidine groups is 1. The predicted octanol–water partition coefficient (Wildman–Crippen LogP) is 4.46. The number of imidazole rings is 1. The first kappa shape index (κ1) is 17.7. The fourth-order valence-electron chi connectivity index (χ4n) is 4.16. The topological polar surface area (TPSA) is 79.2 Å². The van der Waals surface area contributed by atoms with Crippen LogP contribution in [0.25, 0.3) is 16.6 Å². The van der Waals surface area contributed by atoms with Crippen molar-refractivity contribution in [2.45, 2.75) is 19.3 Å². The minimum atomic E-state index is -0.378. The minimum absolute atomic E-state index is 0.0505. The van der Waals surface area contributed by atoms with Crippen LogP contribution in [0.3, 0.4) is 0 Å². The van der Waals surface area contributed by atoms with Crippen LogP contribution in [-0.4, -0.2) is 40.5 Å². The molecule has 3 N–H and O–H groups in total. The Balaban J connectivity index is 1.46. The van der Waals surface area contributed by atoms with E-state index >= 15 is 0 Å². The molecule has 0 spiro atoms. The highest BCUT2D eigenvalue weighted by Gasteiger charge is 2.31. The van der Waals surface area contributed by atoms with Gasteiger partial charge >= 0.3 is 0 Å². The third-order valence-electron chi connectivity index (χ3n) is 5.65. The van der Waals surface area contributed by atoms with Crippen molar-refractivity contribution in [2.24, 2.45) is 0 Å². The van der Waals surface area contributed by atoms with Gasteiger partial charge in [-0.05, 0) is 55.7 Å². The van der Waals surface area contributed by atoms with E-state index in [4.69, 9.17) is 5.41 Å². The molecule has 5 rings (SSSR count). The number of aromatic amines is 1. The molecule has 0 radical (unpaired) electrons. The number of piperidine rings is 1. The molecule has 0 amide bonds. The Labute approximate surface area is 167 Å². The van der Waals surface area contributed by atoms with Gasteiger partial charge in [-0.15, -0.1) is 0 Å². The van der Waals surface area contributed by atoms with Crippen LogP contribution in [0.2, 0.25) is 0 Å². The molecule has 0 unspecified atom stereocenters. The van der Waals surface area contributed by atoms with E-state index < -0.39 is 0 Å². The second-order valence-electron chi connectivity index (χ2n) is 7.57. The molecule has 0 bridgehead atoms. The Morgan fingerprint density at radius 1 is 1.03 bits per heavy atom. The van der Waals surface area contributed by atoms with Crippen LogP contribution >= 0.6 is 0 Å². The monoisotopic (exact) mass is 391 g/mol. The van der Waals surface area contributed by atoms with Gasteiger partial charge in [-0.2, -0.15) is 0 Å². The molecule has 2 aliphatic rings. The molecule has 148 valence electrons. The molecule has 3 heterocycles. The summed E-state index contributed by atoms with van der Waals surface area (Å²) in [5.41, 5.74) is 3.71. The Morgan fingerprint density at radius 2 is 1.86 bits per heavy atom. The summed E-state index contributed by atoms with van der Waals surface area (Å²) in [6.45, 7) is 2.24. The van der Waals surface area contributed by atoms with E-state index in [1.165, 1.54) is 31.4 Å². The number of aromatic nitrogens is 2. The van der Waals surface area contributed by atoms with Gasteiger partial charge in [0, 0.05) is 24.5 Å². The lowest BCUT2D eigenvalue weighted by Gasteiger charge is -2.28. The van der Waals surface area contributed by atoms with E-state index in [9.17, 15) is 9.50 Å². The number of fused-ring (bicyclic) bond motifs is 1. The fourth-order valence-corrected chi connectivity index (χ4v) is 4.16. The number of nitrogens with zero attached hydrogens (tertiary/aromatic N) is 3. The maximum Gasteiger partial charge on any atom is 0.145 e. The molecule has 7 heteroatoms. The van der Waals surface area contributed by atoms with Crippen molar-refractivity contribution >= 4 is 33.8 Å². The Bertz CT molecular complexity index is 1130. The van der Waals surface area contributed by atoms with Crippen molar-refractivity contribution in [2.75, 3.05) is 29.4 Å². The molecule has 2 aliphatic heterocycles. The molecule has 2 aromatic carbocycles. The normalized spacial score (nSPS) is 17.6. The maximum atomic E-state index is 13.6. The van der Waals surface area contributed by atoms with Gasteiger partial charge < -0.3 is 19.9 Å². The van der Waals surface area contributed by atoms with Gasteiger partial charge in [0.25, 0.3) is 0 Å². The summed E-state index contributed by atoms with van der Waals surface area (Å²) in [6, 6.07) is 12.2. The van der Waals surface area contributed by atoms with Crippen molar-refractivity contribution < 1.29 is 9.50 Å². The summed E-state index contributed by atoms with van der Waals surface area (Å²) in [5, 5.41) is 19.1. The van der Waals surface area contributed by atoms with Crippen LogP contribution in [0.5, 0.6) is 0 Å². The summed E-state index contributed by atoms with van der Waals surface area (Å²) in [4.78, 5) is 11.8. The molecule has 0 aliphatic carbocycles. The zero-order chi connectivity index (χ0) is 20.0. The first-order valence-electron chi connectivity index (χ1n) is 9.89. The van der Waals surface area contributed by atoms with Gasteiger partial charge in [0.05, 0.1) is 23.2 Å². The Kier molecular flexibility index (Phi) is 4.23. The number of aliphatic hydroxyl groups is 1. The lowest BCUT2D eigenvalue weighted by molar-refractivity contribution is 0.411. The molecule has 1 aromatic heterocycles. The van der Waals surface area contributed by atoms with Crippen molar-refractivity contribution in [3.8, 4) is 0 Å². The average Bonchev–Trinajstić information content (AvgIpc) is 3.27. The zero-order valence-corrected chi connectivity index (χ0v) is 16.0. The SMILES string of the molecule is N=C1C(c2nc3ccc(N4CCCCC4)cc3[nH]2)=C(O)CN1c1cccc(F)c1. The minimum Gasteiger partial charge on any atom is -0.509 e. The third kappa shape index (κ3) is 3.12. The highest BCUT2D eigenvalue weighted by Crippen LogP contribution is 2.32. The van der Waals surface area contributed by atoms with Crippen molar-refractivity contribution in [1.29, 1.82) is 5.41 Å². The van der Waals surface area contributed by atoms with Crippen molar-refractivity contribution in [3.05, 3.63) is 59.9 Å². The summed E-state index contributed by atoms with van der Waals surface area (Å²) in [5.74, 6) is 0.229. The van der Waals surface area contributed by atoms with Gasteiger partial charge in [0.15, 0.2) is 0 Å². The standard InChI is InChI=1S/C22H22FN5O/c23-14-5-4-6-16(11-14)28-13-19(29)20(21(28)24)22-25-17-8-7-15(12-18(17)26-22)27-9-2-1-3-10-27/h4-8,11-12,24,29H,1-3,9-10,13H2,(H,25,26). The van der Waals surface area contributed by atoms with Crippen LogP contribution < -0.4 is 9.80 Å².